The van der Waals surface area contributed by atoms with E-state index < -0.39 is 0 Å². The highest BCUT2D eigenvalue weighted by molar-refractivity contribution is 5.19. The van der Waals surface area contributed by atoms with Crippen LogP contribution in [0, 0.1) is 21.3 Å². The van der Waals surface area contributed by atoms with Crippen LogP contribution in [0.5, 0.6) is 0 Å². The zero-order valence-electron chi connectivity index (χ0n) is 5.89. The van der Waals surface area contributed by atoms with E-state index in [1.54, 1.807) is 0 Å². The normalized spacial score (nSPS) is 8.22. The van der Waals surface area contributed by atoms with E-state index in [1.165, 1.54) is 11.1 Å². The van der Waals surface area contributed by atoms with Crippen molar-refractivity contribution in [2.75, 3.05) is 0 Å². The molecule has 0 spiro atoms. The van der Waals surface area contributed by atoms with Gasteiger partial charge in [0.15, 0.2) is 0 Å². The van der Waals surface area contributed by atoms with Crippen LogP contribution in [0.15, 0.2) is 24.3 Å². The second-order valence-electron chi connectivity index (χ2n) is 2.15. The van der Waals surface area contributed by atoms with Crippen molar-refractivity contribution in [1.29, 1.82) is 0 Å². The summed E-state index contributed by atoms with van der Waals surface area (Å²) in [6, 6.07) is 8.48. The SMILES string of the molecule is Cc1ccc(C)cc1.[CH]. The standard InChI is InChI=1S/C8H10.CH/c1-7-3-5-8(2)6-4-7;/h3-6H,1-2H3;1H. The molecule has 0 saturated heterocycles. The van der Waals surface area contributed by atoms with Gasteiger partial charge >= 0.3 is 0 Å². The molecular weight excluding hydrogens is 108 g/mol. The second-order valence-corrected chi connectivity index (χ2v) is 2.15. The molecule has 0 aromatic heterocycles. The first-order chi connectivity index (χ1) is 3.79. The molecule has 47 valence electrons. The monoisotopic (exact) mass is 119 g/mol. The average molecular weight is 119 g/mol. The maximum Gasteiger partial charge on any atom is -0.0312 e. The Morgan fingerprint density at radius 2 is 1.00 bits per heavy atom. The van der Waals surface area contributed by atoms with E-state index in [0.717, 1.165) is 0 Å². The predicted molar refractivity (Wildman–Crippen MR) is 40.2 cm³/mol. The van der Waals surface area contributed by atoms with E-state index in [0.29, 0.717) is 0 Å². The largest absolute Gasteiger partial charge is 0.0591 e. The van der Waals surface area contributed by atoms with Crippen molar-refractivity contribution in [3.8, 4) is 0 Å². The van der Waals surface area contributed by atoms with Gasteiger partial charge in [-0.3, -0.25) is 0 Å². The molecule has 0 nitrogen and oxygen atoms in total. The summed E-state index contributed by atoms with van der Waals surface area (Å²) in [6.07, 6.45) is 0. The molecule has 1 rings (SSSR count). The minimum absolute atomic E-state index is 0. The van der Waals surface area contributed by atoms with Gasteiger partial charge in [0.25, 0.3) is 0 Å². The summed E-state index contributed by atoms with van der Waals surface area (Å²) in [5.41, 5.74) is 2.66. The van der Waals surface area contributed by atoms with Crippen LogP contribution in [-0.4, -0.2) is 0 Å². The van der Waals surface area contributed by atoms with Gasteiger partial charge in [0, 0.05) is 0 Å². The smallest absolute Gasteiger partial charge is 0.0312 e. The minimum atomic E-state index is 0. The molecule has 0 N–H and O–H groups in total. The first kappa shape index (κ1) is 8.22. The number of hydrogen-bond acceptors (Lipinski definition) is 0. The molecule has 0 amide bonds. The van der Waals surface area contributed by atoms with Gasteiger partial charge in [0.1, 0.15) is 0 Å². The highest BCUT2D eigenvalue weighted by Gasteiger charge is 1.79. The average Bonchev–Trinajstić information content (AvgIpc) is 1.77. The van der Waals surface area contributed by atoms with Gasteiger partial charge in [-0.1, -0.05) is 35.4 Å². The van der Waals surface area contributed by atoms with E-state index in [-0.39, 0.29) is 7.43 Å². The van der Waals surface area contributed by atoms with Crippen molar-refractivity contribution in [3.05, 3.63) is 42.8 Å². The molecule has 0 unspecified atom stereocenters. The molecule has 0 fully saturated rings. The molecule has 0 aliphatic carbocycles. The maximum absolute atomic E-state index is 2.12. The molecule has 9 heavy (non-hydrogen) atoms. The highest BCUT2D eigenvalue weighted by atomic mass is 13.9. The van der Waals surface area contributed by atoms with Crippen molar-refractivity contribution in [2.24, 2.45) is 0 Å². The number of rotatable bonds is 0. The van der Waals surface area contributed by atoms with E-state index in [1.807, 2.05) is 0 Å². The van der Waals surface area contributed by atoms with Gasteiger partial charge in [0.2, 0.25) is 0 Å². The summed E-state index contributed by atoms with van der Waals surface area (Å²) < 4.78 is 0. The Kier molecular flexibility index (Phi) is 3.00. The van der Waals surface area contributed by atoms with Crippen molar-refractivity contribution < 1.29 is 0 Å². The van der Waals surface area contributed by atoms with Crippen LogP contribution in [0.1, 0.15) is 11.1 Å². The van der Waals surface area contributed by atoms with Gasteiger partial charge in [-0.05, 0) is 21.3 Å². The lowest BCUT2D eigenvalue weighted by Crippen LogP contribution is -1.70. The lowest BCUT2D eigenvalue weighted by Gasteiger charge is -1.90. The van der Waals surface area contributed by atoms with Gasteiger partial charge < -0.3 is 0 Å². The molecule has 0 heteroatoms. The first-order valence-corrected chi connectivity index (χ1v) is 2.82. The van der Waals surface area contributed by atoms with E-state index >= 15 is 0 Å². The zero-order valence-corrected chi connectivity index (χ0v) is 5.89. The lowest BCUT2D eigenvalue weighted by molar-refractivity contribution is 1.40. The summed E-state index contributed by atoms with van der Waals surface area (Å²) in [6.45, 7) is 4.19. The van der Waals surface area contributed by atoms with E-state index in [2.05, 4.69) is 38.1 Å². The summed E-state index contributed by atoms with van der Waals surface area (Å²) in [5, 5.41) is 0. The molecule has 0 saturated carbocycles. The Morgan fingerprint density at radius 1 is 0.778 bits per heavy atom. The number of aryl methyl sites for hydroxylation is 2. The Bertz CT molecular complexity index is 139. The van der Waals surface area contributed by atoms with Crippen molar-refractivity contribution in [1.82, 2.24) is 0 Å². The minimum Gasteiger partial charge on any atom is -0.0591 e. The van der Waals surface area contributed by atoms with E-state index in [4.69, 9.17) is 0 Å². The van der Waals surface area contributed by atoms with Crippen molar-refractivity contribution in [3.63, 3.8) is 0 Å². The van der Waals surface area contributed by atoms with Gasteiger partial charge in [-0.25, -0.2) is 0 Å². The predicted octanol–water partition coefficient (Wildman–Crippen LogP) is 2.51. The van der Waals surface area contributed by atoms with Crippen LogP contribution >= 0.6 is 0 Å². The van der Waals surface area contributed by atoms with Crippen LogP contribution < -0.4 is 0 Å². The van der Waals surface area contributed by atoms with Crippen LogP contribution in [0.2, 0.25) is 0 Å². The Labute approximate surface area is 57.5 Å². The number of benzene rings is 1. The summed E-state index contributed by atoms with van der Waals surface area (Å²) in [7, 11) is 0. The molecule has 1 aromatic carbocycles. The third kappa shape index (κ3) is 2.31. The van der Waals surface area contributed by atoms with Gasteiger partial charge in [0.05, 0.1) is 0 Å². The fourth-order valence-corrected chi connectivity index (χ4v) is 0.637. The Hall–Kier alpha value is -0.780. The highest BCUT2D eigenvalue weighted by Crippen LogP contribution is 1.99. The van der Waals surface area contributed by atoms with Gasteiger partial charge in [-0.2, -0.15) is 0 Å². The summed E-state index contributed by atoms with van der Waals surface area (Å²) in [4.78, 5) is 0. The zero-order chi connectivity index (χ0) is 5.98. The summed E-state index contributed by atoms with van der Waals surface area (Å²) >= 11 is 0. The van der Waals surface area contributed by atoms with Crippen molar-refractivity contribution >= 4 is 0 Å². The van der Waals surface area contributed by atoms with Crippen LogP contribution in [0.3, 0.4) is 0 Å². The first-order valence-electron chi connectivity index (χ1n) is 2.82. The molecule has 0 heterocycles. The Morgan fingerprint density at radius 3 is 1.22 bits per heavy atom. The molecule has 0 atom stereocenters. The number of hydrogen-bond donors (Lipinski definition) is 0. The lowest BCUT2D eigenvalue weighted by atomic mass is 10.2. The third-order valence-corrected chi connectivity index (χ3v) is 1.22. The third-order valence-electron chi connectivity index (χ3n) is 1.22. The molecular formula is C9H11. The fraction of sp³-hybridized carbons (Fsp3) is 0.222. The maximum atomic E-state index is 2.12. The fourth-order valence-electron chi connectivity index (χ4n) is 0.637. The van der Waals surface area contributed by atoms with Crippen LogP contribution in [0.4, 0.5) is 0 Å². The molecule has 1 aromatic rings. The molecule has 3 radical (unpaired) electrons. The van der Waals surface area contributed by atoms with Crippen LogP contribution in [0.25, 0.3) is 0 Å². The van der Waals surface area contributed by atoms with Crippen LogP contribution in [-0.2, 0) is 0 Å². The Balaban J connectivity index is 0.000000640. The van der Waals surface area contributed by atoms with Gasteiger partial charge in [-0.15, -0.1) is 0 Å². The summed E-state index contributed by atoms with van der Waals surface area (Å²) in [5.74, 6) is 0. The molecule has 0 aliphatic rings. The quantitative estimate of drug-likeness (QED) is 0.492. The molecule has 0 aliphatic heterocycles. The molecule has 0 bridgehead atoms. The van der Waals surface area contributed by atoms with E-state index in [9.17, 15) is 0 Å². The second kappa shape index (κ2) is 3.29. The van der Waals surface area contributed by atoms with Crippen molar-refractivity contribution in [2.45, 2.75) is 13.8 Å². The topological polar surface area (TPSA) is 0 Å².